The molecule has 0 unspecified atom stereocenters. The number of amides is 3. The number of para-hydroxylation sites is 2. The van der Waals surface area contributed by atoms with Gasteiger partial charge in [0.15, 0.2) is 6.10 Å². The SMILES string of the molecule is Cc1ccc(C(=O)NNC(=O)C[C@@H]2Oc3ccccc3NC2=O)c(C)c1. The molecule has 0 spiro atoms. The summed E-state index contributed by atoms with van der Waals surface area (Å²) >= 11 is 0. The number of rotatable bonds is 3. The van der Waals surface area contributed by atoms with Crippen LogP contribution in [0.15, 0.2) is 42.5 Å². The quantitative estimate of drug-likeness (QED) is 0.734. The lowest BCUT2D eigenvalue weighted by molar-refractivity contribution is -0.130. The first-order valence-corrected chi connectivity index (χ1v) is 8.17. The minimum absolute atomic E-state index is 0.215. The number of benzene rings is 2. The number of carbonyl (C=O) groups is 3. The molecule has 3 amide bonds. The van der Waals surface area contributed by atoms with Gasteiger partial charge in [0.25, 0.3) is 11.8 Å². The summed E-state index contributed by atoms with van der Waals surface area (Å²) in [6, 6.07) is 12.4. The maximum atomic E-state index is 12.2. The first-order chi connectivity index (χ1) is 12.4. The molecule has 0 aromatic heterocycles. The summed E-state index contributed by atoms with van der Waals surface area (Å²) in [6.45, 7) is 3.76. The largest absolute Gasteiger partial charge is 0.478 e. The fourth-order valence-corrected chi connectivity index (χ4v) is 2.71. The van der Waals surface area contributed by atoms with Gasteiger partial charge in [0.1, 0.15) is 5.75 Å². The average molecular weight is 353 g/mol. The fourth-order valence-electron chi connectivity index (χ4n) is 2.71. The Morgan fingerprint density at radius 1 is 1.12 bits per heavy atom. The van der Waals surface area contributed by atoms with E-state index in [-0.39, 0.29) is 6.42 Å². The molecule has 134 valence electrons. The van der Waals surface area contributed by atoms with Crippen LogP contribution < -0.4 is 20.9 Å². The van der Waals surface area contributed by atoms with Gasteiger partial charge in [-0.1, -0.05) is 29.8 Å². The van der Waals surface area contributed by atoms with Crippen LogP contribution in [0, 0.1) is 13.8 Å². The lowest BCUT2D eigenvalue weighted by Crippen LogP contribution is -2.46. The number of fused-ring (bicyclic) bond motifs is 1. The maximum absolute atomic E-state index is 12.2. The normalized spacial score (nSPS) is 15.3. The van der Waals surface area contributed by atoms with Crippen molar-refractivity contribution >= 4 is 23.4 Å². The molecule has 0 saturated carbocycles. The molecule has 0 bridgehead atoms. The van der Waals surface area contributed by atoms with Gasteiger partial charge in [0, 0.05) is 5.56 Å². The molecule has 26 heavy (non-hydrogen) atoms. The Kier molecular flexibility index (Phi) is 4.88. The summed E-state index contributed by atoms with van der Waals surface area (Å²) in [6.07, 6.45) is -1.17. The second kappa shape index (κ2) is 7.26. The van der Waals surface area contributed by atoms with E-state index < -0.39 is 23.8 Å². The molecular weight excluding hydrogens is 334 g/mol. The highest BCUT2D eigenvalue weighted by atomic mass is 16.5. The lowest BCUT2D eigenvalue weighted by Gasteiger charge is -2.25. The van der Waals surface area contributed by atoms with E-state index in [9.17, 15) is 14.4 Å². The molecule has 2 aromatic carbocycles. The van der Waals surface area contributed by atoms with Crippen LogP contribution in [0.25, 0.3) is 0 Å². The molecule has 1 heterocycles. The van der Waals surface area contributed by atoms with Crippen LogP contribution in [0.3, 0.4) is 0 Å². The third-order valence-corrected chi connectivity index (χ3v) is 4.02. The van der Waals surface area contributed by atoms with Crippen molar-refractivity contribution < 1.29 is 19.1 Å². The number of hydrogen-bond acceptors (Lipinski definition) is 4. The van der Waals surface area contributed by atoms with Gasteiger partial charge in [0.05, 0.1) is 12.1 Å². The number of nitrogens with one attached hydrogen (secondary N) is 3. The topological polar surface area (TPSA) is 96.5 Å². The van der Waals surface area contributed by atoms with Crippen LogP contribution in [-0.2, 0) is 9.59 Å². The Bertz CT molecular complexity index is 879. The highest BCUT2D eigenvalue weighted by molar-refractivity contribution is 6.00. The Balaban J connectivity index is 1.56. The summed E-state index contributed by atoms with van der Waals surface area (Å²) in [7, 11) is 0. The van der Waals surface area contributed by atoms with Gasteiger partial charge in [-0.15, -0.1) is 0 Å². The Morgan fingerprint density at radius 2 is 1.88 bits per heavy atom. The van der Waals surface area contributed by atoms with Gasteiger partial charge >= 0.3 is 0 Å². The van der Waals surface area contributed by atoms with Crippen LogP contribution in [0.5, 0.6) is 5.75 Å². The fraction of sp³-hybridized carbons (Fsp3) is 0.211. The van der Waals surface area contributed by atoms with E-state index in [2.05, 4.69) is 16.2 Å². The molecule has 0 saturated heterocycles. The van der Waals surface area contributed by atoms with Gasteiger partial charge < -0.3 is 10.1 Å². The molecule has 1 aliphatic rings. The predicted molar refractivity (Wildman–Crippen MR) is 95.6 cm³/mol. The Hall–Kier alpha value is -3.35. The van der Waals surface area contributed by atoms with Crippen LogP contribution in [0.2, 0.25) is 0 Å². The van der Waals surface area contributed by atoms with Crippen molar-refractivity contribution in [3.63, 3.8) is 0 Å². The first-order valence-electron chi connectivity index (χ1n) is 8.17. The zero-order chi connectivity index (χ0) is 18.7. The highest BCUT2D eigenvalue weighted by Crippen LogP contribution is 2.29. The molecule has 7 nitrogen and oxygen atoms in total. The monoisotopic (exact) mass is 353 g/mol. The highest BCUT2D eigenvalue weighted by Gasteiger charge is 2.29. The number of aryl methyl sites for hydroxylation is 2. The van der Waals surface area contributed by atoms with E-state index in [4.69, 9.17) is 4.74 Å². The van der Waals surface area contributed by atoms with Crippen LogP contribution in [-0.4, -0.2) is 23.8 Å². The number of hydrazine groups is 1. The molecular formula is C19H19N3O4. The van der Waals surface area contributed by atoms with Gasteiger partial charge in [-0.05, 0) is 37.6 Å². The average Bonchev–Trinajstić information content (AvgIpc) is 2.60. The molecule has 3 N–H and O–H groups in total. The molecule has 1 aliphatic heterocycles. The van der Waals surface area contributed by atoms with E-state index in [1.54, 1.807) is 30.3 Å². The summed E-state index contributed by atoms with van der Waals surface area (Å²) in [4.78, 5) is 36.2. The van der Waals surface area contributed by atoms with Gasteiger partial charge in [-0.25, -0.2) is 0 Å². The van der Waals surface area contributed by atoms with E-state index in [1.807, 2.05) is 26.0 Å². The van der Waals surface area contributed by atoms with E-state index in [0.717, 1.165) is 11.1 Å². The zero-order valence-corrected chi connectivity index (χ0v) is 14.5. The van der Waals surface area contributed by atoms with Crippen molar-refractivity contribution in [1.29, 1.82) is 0 Å². The molecule has 7 heteroatoms. The van der Waals surface area contributed by atoms with Crippen LogP contribution in [0.1, 0.15) is 27.9 Å². The molecule has 1 atom stereocenters. The van der Waals surface area contributed by atoms with Gasteiger partial charge in [-0.3, -0.25) is 25.2 Å². The summed E-state index contributed by atoms with van der Waals surface area (Å²) < 4.78 is 5.55. The predicted octanol–water partition coefficient (Wildman–Crippen LogP) is 1.85. The molecule has 0 radical (unpaired) electrons. The molecule has 2 aromatic rings. The number of carbonyl (C=O) groups excluding carboxylic acids is 3. The van der Waals surface area contributed by atoms with E-state index in [1.165, 1.54) is 0 Å². The van der Waals surface area contributed by atoms with Gasteiger partial charge in [0.2, 0.25) is 5.91 Å². The summed E-state index contributed by atoms with van der Waals surface area (Å²) in [5.74, 6) is -0.846. The Morgan fingerprint density at radius 3 is 2.65 bits per heavy atom. The molecule has 0 fully saturated rings. The van der Waals surface area contributed by atoms with E-state index >= 15 is 0 Å². The minimum atomic E-state index is -0.956. The van der Waals surface area contributed by atoms with Crippen molar-refractivity contribution in [2.45, 2.75) is 26.4 Å². The van der Waals surface area contributed by atoms with Crippen molar-refractivity contribution in [3.8, 4) is 5.75 Å². The Labute approximate surface area is 150 Å². The number of anilines is 1. The standard InChI is InChI=1S/C19H19N3O4/c1-11-7-8-13(12(2)9-11)18(24)22-21-17(23)10-16-19(25)20-14-5-3-4-6-15(14)26-16/h3-9,16H,10H2,1-2H3,(H,20,25)(H,21,23)(H,22,24)/t16-/m0/s1. The van der Waals surface area contributed by atoms with Crippen molar-refractivity contribution in [2.75, 3.05) is 5.32 Å². The van der Waals surface area contributed by atoms with Crippen molar-refractivity contribution in [2.24, 2.45) is 0 Å². The third kappa shape index (κ3) is 3.83. The zero-order valence-electron chi connectivity index (χ0n) is 14.5. The molecule has 3 rings (SSSR count). The van der Waals surface area contributed by atoms with Crippen LogP contribution >= 0.6 is 0 Å². The summed E-state index contributed by atoms with van der Waals surface area (Å²) in [5.41, 5.74) is 7.56. The first kappa shape index (κ1) is 17.5. The second-order valence-corrected chi connectivity index (χ2v) is 6.12. The summed E-state index contributed by atoms with van der Waals surface area (Å²) in [5, 5.41) is 2.69. The maximum Gasteiger partial charge on any atom is 0.269 e. The van der Waals surface area contributed by atoms with Crippen molar-refractivity contribution in [3.05, 3.63) is 59.2 Å². The van der Waals surface area contributed by atoms with Crippen LogP contribution in [0.4, 0.5) is 5.69 Å². The molecule has 0 aliphatic carbocycles. The van der Waals surface area contributed by atoms with Gasteiger partial charge in [-0.2, -0.15) is 0 Å². The van der Waals surface area contributed by atoms with Crippen molar-refractivity contribution in [1.82, 2.24) is 10.9 Å². The minimum Gasteiger partial charge on any atom is -0.478 e. The number of ether oxygens (including phenoxy) is 1. The van der Waals surface area contributed by atoms with E-state index in [0.29, 0.717) is 17.0 Å². The second-order valence-electron chi connectivity index (χ2n) is 6.12. The number of hydrogen-bond donors (Lipinski definition) is 3. The third-order valence-electron chi connectivity index (χ3n) is 4.02. The smallest absolute Gasteiger partial charge is 0.269 e. The lowest BCUT2D eigenvalue weighted by atomic mass is 10.1.